The van der Waals surface area contributed by atoms with Crippen molar-refractivity contribution >= 4 is 17.2 Å². The van der Waals surface area contributed by atoms with Gasteiger partial charge in [-0.1, -0.05) is 0 Å². The third-order valence-corrected chi connectivity index (χ3v) is 5.64. The second-order valence-electron chi connectivity index (χ2n) is 6.13. The first-order valence-corrected chi connectivity index (χ1v) is 9.24. The monoisotopic (exact) mass is 356 g/mol. The first-order valence-electron chi connectivity index (χ1n) is 8.42. The minimum absolute atomic E-state index is 0.0526. The lowest BCUT2D eigenvalue weighted by atomic mass is 10.2. The smallest absolute Gasteiger partial charge is 0.261 e. The molecule has 3 aromatic heterocycles. The molecule has 1 aliphatic rings. The Labute approximate surface area is 149 Å². The molecule has 3 aromatic rings. The quantitative estimate of drug-likeness (QED) is 0.710. The molecule has 1 aliphatic heterocycles. The molecule has 1 atom stereocenters. The normalized spacial score (nSPS) is 17.8. The lowest BCUT2D eigenvalue weighted by Crippen LogP contribution is -2.22. The topological polar surface area (TPSA) is 74.2 Å². The van der Waals surface area contributed by atoms with Gasteiger partial charge in [-0.3, -0.25) is 9.69 Å². The minimum atomic E-state index is -0.0526. The summed E-state index contributed by atoms with van der Waals surface area (Å²) in [6.45, 7) is 2.28. The number of hydrogen-bond donors (Lipinski definition) is 2. The van der Waals surface area contributed by atoms with Crippen molar-refractivity contribution in [3.63, 3.8) is 0 Å². The molecule has 0 saturated carbocycles. The van der Waals surface area contributed by atoms with E-state index in [1.807, 2.05) is 18.2 Å². The molecule has 7 heteroatoms. The number of aromatic nitrogens is 2. The van der Waals surface area contributed by atoms with Crippen molar-refractivity contribution < 1.29 is 9.21 Å². The molecule has 0 unspecified atom stereocenters. The average molecular weight is 356 g/mol. The molecule has 1 amide bonds. The summed E-state index contributed by atoms with van der Waals surface area (Å²) < 4.78 is 5.48. The maximum absolute atomic E-state index is 12.3. The predicted molar refractivity (Wildman–Crippen MR) is 95.2 cm³/mol. The molecule has 6 nitrogen and oxygen atoms in total. The van der Waals surface area contributed by atoms with E-state index < -0.39 is 0 Å². The van der Waals surface area contributed by atoms with Crippen LogP contribution in [0, 0.1) is 0 Å². The van der Waals surface area contributed by atoms with E-state index >= 15 is 0 Å². The third-order valence-electron chi connectivity index (χ3n) is 4.45. The van der Waals surface area contributed by atoms with Crippen molar-refractivity contribution in [3.8, 4) is 0 Å². The summed E-state index contributed by atoms with van der Waals surface area (Å²) in [4.78, 5) is 23.8. The van der Waals surface area contributed by atoms with Crippen LogP contribution < -0.4 is 5.32 Å². The lowest BCUT2D eigenvalue weighted by molar-refractivity contribution is 0.0954. The van der Waals surface area contributed by atoms with Gasteiger partial charge >= 0.3 is 0 Å². The summed E-state index contributed by atoms with van der Waals surface area (Å²) in [6, 6.07) is 8.30. The van der Waals surface area contributed by atoms with E-state index in [9.17, 15) is 4.79 Å². The molecule has 0 aliphatic carbocycles. The molecule has 1 saturated heterocycles. The Morgan fingerprint density at radius 1 is 1.44 bits per heavy atom. The highest BCUT2D eigenvalue weighted by atomic mass is 32.1. The summed E-state index contributed by atoms with van der Waals surface area (Å²) in [7, 11) is 0. The standard InChI is InChI=1S/C18H20N4O2S/c23-18(21-11-17-19-7-8-20-17)16-6-5-15(25-16)14-4-1-9-22(14)12-13-3-2-10-24-13/h2-3,5-8,10,14H,1,4,9,11-12H2,(H,19,20)(H,21,23)/t14-/m1/s1. The number of rotatable bonds is 6. The molecule has 0 radical (unpaired) electrons. The molecule has 130 valence electrons. The van der Waals surface area contributed by atoms with Crippen LogP contribution in [0.5, 0.6) is 0 Å². The number of furan rings is 1. The van der Waals surface area contributed by atoms with Crippen molar-refractivity contribution in [3.05, 3.63) is 64.3 Å². The number of carbonyl (C=O) groups excluding carboxylic acids is 1. The van der Waals surface area contributed by atoms with Crippen LogP contribution in [0.2, 0.25) is 0 Å². The highest BCUT2D eigenvalue weighted by molar-refractivity contribution is 7.14. The van der Waals surface area contributed by atoms with Gasteiger partial charge in [-0.05, 0) is 43.7 Å². The zero-order valence-corrected chi connectivity index (χ0v) is 14.6. The number of likely N-dealkylation sites (tertiary alicyclic amines) is 1. The first-order chi connectivity index (χ1) is 12.3. The van der Waals surface area contributed by atoms with Crippen LogP contribution in [0.15, 0.2) is 47.3 Å². The molecule has 0 aromatic carbocycles. The number of amides is 1. The Hall–Kier alpha value is -2.38. The van der Waals surface area contributed by atoms with Gasteiger partial charge in [0.1, 0.15) is 11.6 Å². The number of H-pyrrole nitrogens is 1. The number of carbonyl (C=O) groups is 1. The third kappa shape index (κ3) is 3.67. The number of nitrogens with one attached hydrogen (secondary N) is 2. The van der Waals surface area contributed by atoms with Gasteiger partial charge in [0.05, 0.1) is 24.2 Å². The van der Waals surface area contributed by atoms with Gasteiger partial charge in [-0.25, -0.2) is 4.98 Å². The van der Waals surface area contributed by atoms with Gasteiger partial charge < -0.3 is 14.7 Å². The Bertz CT molecular complexity index is 810. The number of nitrogens with zero attached hydrogens (tertiary/aromatic N) is 2. The van der Waals surface area contributed by atoms with Crippen molar-refractivity contribution in [1.82, 2.24) is 20.2 Å². The Balaban J connectivity index is 1.40. The number of hydrogen-bond acceptors (Lipinski definition) is 5. The van der Waals surface area contributed by atoms with Gasteiger partial charge in [0, 0.05) is 23.3 Å². The molecule has 25 heavy (non-hydrogen) atoms. The van der Waals surface area contributed by atoms with Gasteiger partial charge in [0.15, 0.2) is 0 Å². The van der Waals surface area contributed by atoms with E-state index in [1.165, 1.54) is 11.3 Å². The second kappa shape index (κ2) is 7.25. The Morgan fingerprint density at radius 3 is 3.20 bits per heavy atom. The van der Waals surface area contributed by atoms with Crippen LogP contribution in [-0.2, 0) is 13.1 Å². The summed E-state index contributed by atoms with van der Waals surface area (Å²) in [5.41, 5.74) is 0. The van der Waals surface area contributed by atoms with Crippen molar-refractivity contribution in [2.75, 3.05) is 6.54 Å². The molecule has 4 rings (SSSR count). The first kappa shape index (κ1) is 16.1. The zero-order valence-electron chi connectivity index (χ0n) is 13.8. The summed E-state index contributed by atoms with van der Waals surface area (Å²) in [5.74, 6) is 1.69. The summed E-state index contributed by atoms with van der Waals surface area (Å²) >= 11 is 1.58. The second-order valence-corrected chi connectivity index (χ2v) is 7.24. The molecular formula is C18H20N4O2S. The van der Waals surface area contributed by atoms with E-state index in [0.29, 0.717) is 12.6 Å². The van der Waals surface area contributed by atoms with E-state index in [4.69, 9.17) is 4.42 Å². The van der Waals surface area contributed by atoms with Crippen LogP contribution in [-0.4, -0.2) is 27.3 Å². The summed E-state index contributed by atoms with van der Waals surface area (Å²) in [5, 5.41) is 2.90. The Kier molecular flexibility index (Phi) is 4.67. The van der Waals surface area contributed by atoms with E-state index in [1.54, 1.807) is 30.0 Å². The fraction of sp³-hybridized carbons (Fsp3) is 0.333. The van der Waals surface area contributed by atoms with Crippen molar-refractivity contribution in [1.29, 1.82) is 0 Å². The van der Waals surface area contributed by atoms with Gasteiger partial charge in [0.2, 0.25) is 0 Å². The summed E-state index contributed by atoms with van der Waals surface area (Å²) in [6.07, 6.45) is 7.43. The SMILES string of the molecule is O=C(NCc1ncc[nH]1)c1ccc([C@H]2CCCN2Cc2ccco2)s1. The van der Waals surface area contributed by atoms with Crippen LogP contribution >= 0.6 is 11.3 Å². The van der Waals surface area contributed by atoms with E-state index in [0.717, 1.165) is 36.0 Å². The van der Waals surface area contributed by atoms with Crippen molar-refractivity contribution in [2.45, 2.75) is 32.0 Å². The Morgan fingerprint density at radius 2 is 2.40 bits per heavy atom. The molecule has 2 N–H and O–H groups in total. The average Bonchev–Trinajstić information content (AvgIpc) is 3.39. The van der Waals surface area contributed by atoms with Crippen molar-refractivity contribution in [2.24, 2.45) is 0 Å². The maximum atomic E-state index is 12.3. The van der Waals surface area contributed by atoms with Gasteiger partial charge in [0.25, 0.3) is 5.91 Å². The zero-order chi connectivity index (χ0) is 17.1. The molecule has 1 fully saturated rings. The molecular weight excluding hydrogens is 336 g/mol. The highest BCUT2D eigenvalue weighted by Gasteiger charge is 2.28. The molecule has 0 bridgehead atoms. The van der Waals surface area contributed by atoms with E-state index in [2.05, 4.69) is 26.3 Å². The van der Waals surface area contributed by atoms with Crippen LogP contribution in [0.25, 0.3) is 0 Å². The van der Waals surface area contributed by atoms with Gasteiger partial charge in [-0.2, -0.15) is 0 Å². The number of thiophene rings is 1. The highest BCUT2D eigenvalue weighted by Crippen LogP contribution is 2.36. The molecule has 4 heterocycles. The number of aromatic amines is 1. The lowest BCUT2D eigenvalue weighted by Gasteiger charge is -2.22. The largest absolute Gasteiger partial charge is 0.468 e. The van der Waals surface area contributed by atoms with Crippen LogP contribution in [0.4, 0.5) is 0 Å². The predicted octanol–water partition coefficient (Wildman–Crippen LogP) is 3.33. The van der Waals surface area contributed by atoms with E-state index in [-0.39, 0.29) is 5.91 Å². The molecule has 0 spiro atoms. The van der Waals surface area contributed by atoms with Crippen LogP contribution in [0.1, 0.15) is 45.0 Å². The van der Waals surface area contributed by atoms with Crippen LogP contribution in [0.3, 0.4) is 0 Å². The fourth-order valence-electron chi connectivity index (χ4n) is 3.24. The fourth-order valence-corrected chi connectivity index (χ4v) is 4.33. The minimum Gasteiger partial charge on any atom is -0.468 e. The van der Waals surface area contributed by atoms with Gasteiger partial charge in [-0.15, -0.1) is 11.3 Å². The maximum Gasteiger partial charge on any atom is 0.261 e. The number of imidazole rings is 1.